The number of aromatic nitrogens is 2. The van der Waals surface area contributed by atoms with Gasteiger partial charge in [-0.1, -0.05) is 35.0 Å². The topological polar surface area (TPSA) is 67.6 Å². The minimum Gasteiger partial charge on any atom is -0.383 e. The zero-order valence-electron chi connectivity index (χ0n) is 11.9. The summed E-state index contributed by atoms with van der Waals surface area (Å²) in [5.74, 6) is 1.19. The highest BCUT2D eigenvalue weighted by Crippen LogP contribution is 2.38. The molecule has 1 saturated carbocycles. The van der Waals surface area contributed by atoms with Gasteiger partial charge in [-0.15, -0.1) is 0 Å². The lowest BCUT2D eigenvalue weighted by Crippen LogP contribution is -2.10. The first-order chi connectivity index (χ1) is 10.1. The Hall–Kier alpha value is -1.80. The van der Waals surface area contributed by atoms with E-state index in [1.807, 2.05) is 28.9 Å². The molecule has 1 aromatic heterocycles. The van der Waals surface area contributed by atoms with Crippen LogP contribution in [0.2, 0.25) is 0 Å². The molecule has 1 heterocycles. The Balaban J connectivity index is 2.05. The van der Waals surface area contributed by atoms with E-state index in [1.165, 1.54) is 6.42 Å². The van der Waals surface area contributed by atoms with Crippen LogP contribution in [0.4, 0.5) is 5.82 Å². The van der Waals surface area contributed by atoms with E-state index >= 15 is 0 Å². The third-order valence-electron chi connectivity index (χ3n) is 4.19. The van der Waals surface area contributed by atoms with Gasteiger partial charge >= 0.3 is 0 Å². The average molecular weight is 345 g/mol. The molecule has 3 rings (SSSR count). The molecular formula is C16H17BrN4. The number of benzene rings is 1. The molecule has 0 spiro atoms. The monoisotopic (exact) mass is 344 g/mol. The van der Waals surface area contributed by atoms with Crippen LogP contribution in [0.5, 0.6) is 0 Å². The molecule has 0 amide bonds. The molecule has 2 unspecified atom stereocenters. The normalized spacial score (nSPS) is 21.4. The lowest BCUT2D eigenvalue weighted by Gasteiger charge is -2.12. The van der Waals surface area contributed by atoms with Crippen LogP contribution in [0.3, 0.4) is 0 Å². The number of hydrogen-bond donors (Lipinski definition) is 1. The molecule has 1 fully saturated rings. The van der Waals surface area contributed by atoms with Crippen molar-refractivity contribution in [2.24, 2.45) is 5.92 Å². The van der Waals surface area contributed by atoms with Crippen molar-refractivity contribution in [3.8, 4) is 17.3 Å². The molecule has 1 aromatic carbocycles. The summed E-state index contributed by atoms with van der Waals surface area (Å²) < 4.78 is 2.86. The molecule has 2 atom stereocenters. The van der Waals surface area contributed by atoms with Gasteiger partial charge in [-0.2, -0.15) is 10.4 Å². The second-order valence-corrected chi connectivity index (χ2v) is 6.66. The Morgan fingerprint density at radius 2 is 2.05 bits per heavy atom. The zero-order valence-corrected chi connectivity index (χ0v) is 13.5. The van der Waals surface area contributed by atoms with Crippen LogP contribution in [0.1, 0.15) is 37.8 Å². The molecule has 0 radical (unpaired) electrons. The van der Waals surface area contributed by atoms with Gasteiger partial charge in [0.1, 0.15) is 23.1 Å². The fourth-order valence-corrected chi connectivity index (χ4v) is 3.31. The molecule has 0 bridgehead atoms. The number of nitrogens with two attached hydrogens (primary N) is 1. The van der Waals surface area contributed by atoms with Crippen LogP contribution in [-0.2, 0) is 0 Å². The molecule has 108 valence electrons. The van der Waals surface area contributed by atoms with E-state index in [2.05, 4.69) is 34.0 Å². The van der Waals surface area contributed by atoms with Gasteiger partial charge < -0.3 is 5.73 Å². The number of nitrogen functional groups attached to an aromatic ring is 1. The van der Waals surface area contributed by atoms with Gasteiger partial charge in [0.05, 0.1) is 6.04 Å². The van der Waals surface area contributed by atoms with Crippen molar-refractivity contribution in [2.75, 3.05) is 5.73 Å². The van der Waals surface area contributed by atoms with Gasteiger partial charge in [0.15, 0.2) is 0 Å². The molecule has 1 aliphatic rings. The Morgan fingerprint density at radius 1 is 1.33 bits per heavy atom. The Morgan fingerprint density at radius 3 is 2.62 bits per heavy atom. The van der Waals surface area contributed by atoms with Crippen LogP contribution >= 0.6 is 15.9 Å². The summed E-state index contributed by atoms with van der Waals surface area (Å²) in [6.07, 6.45) is 3.35. The standard InChI is InChI=1S/C16H17BrN4/c1-10-2-7-13(8-10)21-16(19)14(9-18)15(20-21)11-3-5-12(17)6-4-11/h3-6,10,13H,2,7-8,19H2,1H3. The van der Waals surface area contributed by atoms with E-state index in [-0.39, 0.29) is 0 Å². The van der Waals surface area contributed by atoms with Crippen molar-refractivity contribution in [3.63, 3.8) is 0 Å². The van der Waals surface area contributed by atoms with Gasteiger partial charge in [0.25, 0.3) is 0 Å². The summed E-state index contributed by atoms with van der Waals surface area (Å²) in [5, 5.41) is 14.1. The highest BCUT2D eigenvalue weighted by Gasteiger charge is 2.27. The van der Waals surface area contributed by atoms with Gasteiger partial charge in [0, 0.05) is 10.0 Å². The molecule has 2 aromatic rings. The lowest BCUT2D eigenvalue weighted by molar-refractivity contribution is 0.457. The second kappa shape index (κ2) is 5.53. The highest BCUT2D eigenvalue weighted by atomic mass is 79.9. The number of rotatable bonds is 2. The van der Waals surface area contributed by atoms with Gasteiger partial charge in [-0.05, 0) is 37.3 Å². The number of hydrogen-bond acceptors (Lipinski definition) is 3. The summed E-state index contributed by atoms with van der Waals surface area (Å²) >= 11 is 3.42. The quantitative estimate of drug-likeness (QED) is 0.890. The molecule has 0 saturated heterocycles. The number of anilines is 1. The fraction of sp³-hybridized carbons (Fsp3) is 0.375. The Bertz CT molecular complexity index is 696. The number of halogens is 1. The van der Waals surface area contributed by atoms with Crippen molar-refractivity contribution < 1.29 is 0 Å². The Labute approximate surface area is 132 Å². The first-order valence-corrected chi connectivity index (χ1v) is 7.93. The zero-order chi connectivity index (χ0) is 15.0. The maximum Gasteiger partial charge on any atom is 0.140 e. The lowest BCUT2D eigenvalue weighted by atomic mass is 10.1. The molecule has 21 heavy (non-hydrogen) atoms. The largest absolute Gasteiger partial charge is 0.383 e. The number of nitriles is 1. The van der Waals surface area contributed by atoms with Crippen molar-refractivity contribution in [3.05, 3.63) is 34.3 Å². The highest BCUT2D eigenvalue weighted by molar-refractivity contribution is 9.10. The van der Waals surface area contributed by atoms with Crippen LogP contribution in [0.25, 0.3) is 11.3 Å². The van der Waals surface area contributed by atoms with Crippen molar-refractivity contribution in [1.29, 1.82) is 5.26 Å². The van der Waals surface area contributed by atoms with Crippen LogP contribution < -0.4 is 5.73 Å². The smallest absolute Gasteiger partial charge is 0.140 e. The van der Waals surface area contributed by atoms with E-state index in [9.17, 15) is 5.26 Å². The average Bonchev–Trinajstić information content (AvgIpc) is 3.03. The summed E-state index contributed by atoms with van der Waals surface area (Å²) in [5.41, 5.74) is 8.26. The van der Waals surface area contributed by atoms with E-state index in [4.69, 9.17) is 5.73 Å². The maximum atomic E-state index is 9.43. The summed E-state index contributed by atoms with van der Waals surface area (Å²) in [7, 11) is 0. The minimum atomic E-state index is 0.316. The molecule has 1 aliphatic carbocycles. The van der Waals surface area contributed by atoms with E-state index in [0.29, 0.717) is 29.0 Å². The van der Waals surface area contributed by atoms with Crippen LogP contribution in [0, 0.1) is 17.2 Å². The SMILES string of the molecule is CC1CCC(n2nc(-c3ccc(Br)cc3)c(C#N)c2N)C1. The summed E-state index contributed by atoms with van der Waals surface area (Å²) in [6.45, 7) is 2.25. The fourth-order valence-electron chi connectivity index (χ4n) is 3.05. The Kier molecular flexibility index (Phi) is 3.73. The maximum absolute atomic E-state index is 9.43. The van der Waals surface area contributed by atoms with Crippen molar-refractivity contribution in [1.82, 2.24) is 9.78 Å². The molecule has 4 nitrogen and oxygen atoms in total. The molecule has 5 heteroatoms. The van der Waals surface area contributed by atoms with Crippen LogP contribution in [-0.4, -0.2) is 9.78 Å². The third kappa shape index (κ3) is 2.56. The van der Waals surface area contributed by atoms with Gasteiger partial charge in [0.2, 0.25) is 0 Å². The predicted octanol–water partition coefficient (Wildman–Crippen LogP) is 4.13. The molecule has 0 aliphatic heterocycles. The van der Waals surface area contributed by atoms with Gasteiger partial charge in [-0.3, -0.25) is 0 Å². The third-order valence-corrected chi connectivity index (χ3v) is 4.72. The van der Waals surface area contributed by atoms with Crippen molar-refractivity contribution >= 4 is 21.7 Å². The van der Waals surface area contributed by atoms with Gasteiger partial charge in [-0.25, -0.2) is 4.68 Å². The van der Waals surface area contributed by atoms with E-state index in [1.54, 1.807) is 0 Å². The predicted molar refractivity (Wildman–Crippen MR) is 86.5 cm³/mol. The molecule has 2 N–H and O–H groups in total. The first kappa shape index (κ1) is 14.2. The van der Waals surface area contributed by atoms with E-state index < -0.39 is 0 Å². The molecular weight excluding hydrogens is 328 g/mol. The van der Waals surface area contributed by atoms with Crippen molar-refractivity contribution in [2.45, 2.75) is 32.2 Å². The summed E-state index contributed by atoms with van der Waals surface area (Å²) in [4.78, 5) is 0. The second-order valence-electron chi connectivity index (χ2n) is 5.74. The van der Waals surface area contributed by atoms with Crippen LogP contribution in [0.15, 0.2) is 28.7 Å². The van der Waals surface area contributed by atoms with E-state index in [0.717, 1.165) is 22.9 Å². The number of nitrogens with zero attached hydrogens (tertiary/aromatic N) is 3. The minimum absolute atomic E-state index is 0.316. The first-order valence-electron chi connectivity index (χ1n) is 7.14. The summed E-state index contributed by atoms with van der Waals surface area (Å²) in [6, 6.07) is 10.3.